The van der Waals surface area contributed by atoms with Crippen molar-refractivity contribution in [2.24, 2.45) is 5.41 Å². The lowest BCUT2D eigenvalue weighted by Gasteiger charge is -2.15. The van der Waals surface area contributed by atoms with Gasteiger partial charge in [0.15, 0.2) is 5.82 Å². The first-order valence-corrected chi connectivity index (χ1v) is 7.68. The zero-order valence-corrected chi connectivity index (χ0v) is 13.1. The van der Waals surface area contributed by atoms with E-state index in [9.17, 15) is 0 Å². The lowest BCUT2D eigenvalue weighted by atomic mass is 10.00. The SMILES string of the molecule is CCCC1(Cn2nnnc2-c2cc(N)c(C)cc2C)CC1. The molecule has 5 heteroatoms. The predicted octanol–water partition coefficient (Wildman–Crippen LogP) is 3.12. The van der Waals surface area contributed by atoms with E-state index in [-0.39, 0.29) is 0 Å². The van der Waals surface area contributed by atoms with Crippen LogP contribution in [-0.4, -0.2) is 20.2 Å². The Balaban J connectivity index is 1.94. The van der Waals surface area contributed by atoms with Gasteiger partial charge in [0, 0.05) is 11.3 Å². The third kappa shape index (κ3) is 2.64. The van der Waals surface area contributed by atoms with Gasteiger partial charge in [-0.05, 0) is 66.1 Å². The summed E-state index contributed by atoms with van der Waals surface area (Å²) in [5, 5.41) is 12.3. The van der Waals surface area contributed by atoms with Gasteiger partial charge in [-0.25, -0.2) is 4.68 Å². The number of nitrogen functional groups attached to an aromatic ring is 1. The zero-order chi connectivity index (χ0) is 15.0. The fraction of sp³-hybridized carbons (Fsp3) is 0.562. The molecule has 0 radical (unpaired) electrons. The molecule has 5 nitrogen and oxygen atoms in total. The van der Waals surface area contributed by atoms with E-state index >= 15 is 0 Å². The first-order valence-electron chi connectivity index (χ1n) is 7.68. The molecule has 1 aliphatic carbocycles. The average molecular weight is 285 g/mol. The molecular weight excluding hydrogens is 262 g/mol. The van der Waals surface area contributed by atoms with Gasteiger partial charge in [0.1, 0.15) is 0 Å². The summed E-state index contributed by atoms with van der Waals surface area (Å²) in [5.41, 5.74) is 10.6. The lowest BCUT2D eigenvalue weighted by molar-refractivity contribution is 0.365. The summed E-state index contributed by atoms with van der Waals surface area (Å²) in [6, 6.07) is 4.09. The van der Waals surface area contributed by atoms with Crippen LogP contribution in [0.25, 0.3) is 11.4 Å². The standard InChI is InChI=1S/C16H23N5/c1-4-5-16(6-7-16)10-21-15(18-19-20-21)13-9-14(17)12(3)8-11(13)2/h8-9H,4-7,10,17H2,1-3H3. The van der Waals surface area contributed by atoms with Crippen LogP contribution in [0, 0.1) is 19.3 Å². The summed E-state index contributed by atoms with van der Waals surface area (Å²) in [7, 11) is 0. The first-order chi connectivity index (χ1) is 10.0. The molecule has 1 fully saturated rings. The Kier molecular flexibility index (Phi) is 3.43. The van der Waals surface area contributed by atoms with Gasteiger partial charge in [-0.2, -0.15) is 0 Å². The third-order valence-electron chi connectivity index (χ3n) is 4.61. The van der Waals surface area contributed by atoms with Crippen molar-refractivity contribution in [2.45, 2.75) is 53.0 Å². The molecule has 1 aliphatic rings. The highest BCUT2D eigenvalue weighted by Gasteiger charge is 2.42. The van der Waals surface area contributed by atoms with E-state index in [2.05, 4.69) is 35.4 Å². The monoisotopic (exact) mass is 285 g/mol. The van der Waals surface area contributed by atoms with Crippen LogP contribution in [0.1, 0.15) is 43.7 Å². The molecule has 0 bridgehead atoms. The maximum atomic E-state index is 6.06. The number of rotatable bonds is 5. The van der Waals surface area contributed by atoms with E-state index in [4.69, 9.17) is 5.73 Å². The molecule has 0 spiro atoms. The third-order valence-corrected chi connectivity index (χ3v) is 4.61. The van der Waals surface area contributed by atoms with Crippen molar-refractivity contribution in [3.8, 4) is 11.4 Å². The Bertz CT molecular complexity index is 655. The maximum absolute atomic E-state index is 6.06. The number of aryl methyl sites for hydroxylation is 2. The number of tetrazole rings is 1. The number of hydrogen-bond donors (Lipinski definition) is 1. The van der Waals surface area contributed by atoms with E-state index in [1.54, 1.807) is 0 Å². The predicted molar refractivity (Wildman–Crippen MR) is 83.7 cm³/mol. The van der Waals surface area contributed by atoms with Gasteiger partial charge in [-0.15, -0.1) is 5.10 Å². The van der Waals surface area contributed by atoms with Gasteiger partial charge in [0.2, 0.25) is 0 Å². The van der Waals surface area contributed by atoms with Crippen LogP contribution in [0.5, 0.6) is 0 Å². The second-order valence-electron chi connectivity index (χ2n) is 6.43. The summed E-state index contributed by atoms with van der Waals surface area (Å²) < 4.78 is 1.96. The minimum absolute atomic E-state index is 0.420. The summed E-state index contributed by atoms with van der Waals surface area (Å²) >= 11 is 0. The molecule has 112 valence electrons. The van der Waals surface area contributed by atoms with Crippen molar-refractivity contribution in [2.75, 3.05) is 5.73 Å². The largest absolute Gasteiger partial charge is 0.398 e. The second kappa shape index (κ2) is 5.13. The molecule has 0 saturated heterocycles. The summed E-state index contributed by atoms with van der Waals surface area (Å²) in [6.45, 7) is 7.26. The highest BCUT2D eigenvalue weighted by Crippen LogP contribution is 2.51. The minimum atomic E-state index is 0.420. The number of aromatic nitrogens is 4. The molecule has 1 aromatic carbocycles. The number of nitrogens with two attached hydrogens (primary N) is 1. The Hall–Kier alpha value is -1.91. The molecule has 21 heavy (non-hydrogen) atoms. The second-order valence-corrected chi connectivity index (χ2v) is 6.43. The number of anilines is 1. The summed E-state index contributed by atoms with van der Waals surface area (Å²) in [4.78, 5) is 0. The molecule has 0 aliphatic heterocycles. The van der Waals surface area contributed by atoms with Crippen molar-refractivity contribution in [1.29, 1.82) is 0 Å². The number of benzene rings is 1. The summed E-state index contributed by atoms with van der Waals surface area (Å²) in [5.74, 6) is 0.835. The Morgan fingerprint density at radius 2 is 2.00 bits per heavy atom. The van der Waals surface area contributed by atoms with Gasteiger partial charge < -0.3 is 5.73 Å². The van der Waals surface area contributed by atoms with E-state index in [0.29, 0.717) is 5.41 Å². The lowest BCUT2D eigenvalue weighted by Crippen LogP contribution is -2.14. The molecule has 0 atom stereocenters. The molecular formula is C16H23N5. The van der Waals surface area contributed by atoms with Gasteiger partial charge in [-0.1, -0.05) is 19.4 Å². The van der Waals surface area contributed by atoms with Crippen molar-refractivity contribution in [3.63, 3.8) is 0 Å². The van der Waals surface area contributed by atoms with Crippen LogP contribution in [-0.2, 0) is 6.54 Å². The quantitative estimate of drug-likeness (QED) is 0.857. The highest BCUT2D eigenvalue weighted by atomic mass is 15.5. The number of hydrogen-bond acceptors (Lipinski definition) is 4. The Morgan fingerprint density at radius 1 is 1.24 bits per heavy atom. The molecule has 2 aromatic rings. The van der Waals surface area contributed by atoms with Crippen molar-refractivity contribution >= 4 is 5.69 Å². The normalized spacial score (nSPS) is 16.1. The van der Waals surface area contributed by atoms with Crippen LogP contribution in [0.3, 0.4) is 0 Å². The van der Waals surface area contributed by atoms with E-state index in [1.165, 1.54) is 25.7 Å². The van der Waals surface area contributed by atoms with Crippen LogP contribution < -0.4 is 5.73 Å². The molecule has 1 heterocycles. The van der Waals surface area contributed by atoms with Crippen LogP contribution in [0.4, 0.5) is 5.69 Å². The van der Waals surface area contributed by atoms with Crippen molar-refractivity contribution in [1.82, 2.24) is 20.2 Å². The van der Waals surface area contributed by atoms with Crippen LogP contribution in [0.2, 0.25) is 0 Å². The Labute approximate surface area is 125 Å². The topological polar surface area (TPSA) is 69.6 Å². The molecule has 3 rings (SSSR count). The fourth-order valence-electron chi connectivity index (χ4n) is 3.13. The maximum Gasteiger partial charge on any atom is 0.182 e. The highest BCUT2D eigenvalue weighted by molar-refractivity contribution is 5.67. The van der Waals surface area contributed by atoms with Crippen molar-refractivity contribution in [3.05, 3.63) is 23.3 Å². The average Bonchev–Trinajstić information content (AvgIpc) is 3.03. The fourth-order valence-corrected chi connectivity index (χ4v) is 3.13. The molecule has 0 amide bonds. The van der Waals surface area contributed by atoms with Crippen LogP contribution >= 0.6 is 0 Å². The molecule has 1 aromatic heterocycles. The zero-order valence-electron chi connectivity index (χ0n) is 13.1. The van der Waals surface area contributed by atoms with E-state index < -0.39 is 0 Å². The number of nitrogens with zero attached hydrogens (tertiary/aromatic N) is 4. The van der Waals surface area contributed by atoms with Gasteiger partial charge in [0.25, 0.3) is 0 Å². The van der Waals surface area contributed by atoms with Gasteiger partial charge >= 0.3 is 0 Å². The molecule has 1 saturated carbocycles. The van der Waals surface area contributed by atoms with E-state index in [1.807, 2.05) is 17.7 Å². The van der Waals surface area contributed by atoms with E-state index in [0.717, 1.165) is 34.7 Å². The molecule has 0 unspecified atom stereocenters. The first kappa shape index (κ1) is 14.0. The van der Waals surface area contributed by atoms with Crippen LogP contribution in [0.15, 0.2) is 12.1 Å². The Morgan fingerprint density at radius 3 is 2.67 bits per heavy atom. The smallest absolute Gasteiger partial charge is 0.182 e. The van der Waals surface area contributed by atoms with Gasteiger partial charge in [-0.3, -0.25) is 0 Å². The molecule has 2 N–H and O–H groups in total. The summed E-state index contributed by atoms with van der Waals surface area (Å²) in [6.07, 6.45) is 5.04. The van der Waals surface area contributed by atoms with Gasteiger partial charge in [0.05, 0.1) is 6.54 Å². The van der Waals surface area contributed by atoms with Crippen molar-refractivity contribution < 1.29 is 0 Å². The minimum Gasteiger partial charge on any atom is -0.398 e.